The molecule has 1 fully saturated rings. The fourth-order valence-corrected chi connectivity index (χ4v) is 3.51. The number of rotatable bonds is 2. The third kappa shape index (κ3) is 2.91. The van der Waals surface area contributed by atoms with Crippen LogP contribution >= 0.6 is 0 Å². The number of carbonyl (C=O) groups excluding carboxylic acids is 1. The normalized spacial score (nSPS) is 19.9. The van der Waals surface area contributed by atoms with Gasteiger partial charge < -0.3 is 15.1 Å². The van der Waals surface area contributed by atoms with Crippen LogP contribution in [0.3, 0.4) is 0 Å². The number of fused-ring (bicyclic) bond motifs is 1. The van der Waals surface area contributed by atoms with Gasteiger partial charge in [0.15, 0.2) is 0 Å². The predicted octanol–water partition coefficient (Wildman–Crippen LogP) is 2.00. The minimum Gasteiger partial charge on any atom is -0.337 e. The number of nitrogens with zero attached hydrogens (tertiary/aromatic N) is 4. The van der Waals surface area contributed by atoms with E-state index in [1.165, 1.54) is 11.1 Å². The monoisotopic (exact) mass is 323 g/mol. The molecule has 1 saturated heterocycles. The van der Waals surface area contributed by atoms with Gasteiger partial charge in [-0.05, 0) is 30.0 Å². The molecule has 0 saturated carbocycles. The zero-order valence-corrected chi connectivity index (χ0v) is 13.6. The Morgan fingerprint density at radius 1 is 1.04 bits per heavy atom. The highest BCUT2D eigenvalue weighted by molar-refractivity contribution is 5.75. The summed E-state index contributed by atoms with van der Waals surface area (Å²) in [5.74, 6) is 0.738. The summed E-state index contributed by atoms with van der Waals surface area (Å²) in [7, 11) is 0. The van der Waals surface area contributed by atoms with E-state index in [9.17, 15) is 4.79 Å². The minimum absolute atomic E-state index is 0.0327. The molecule has 24 heavy (non-hydrogen) atoms. The molecule has 1 unspecified atom stereocenters. The van der Waals surface area contributed by atoms with Gasteiger partial charge in [0.1, 0.15) is 0 Å². The van der Waals surface area contributed by atoms with Crippen molar-refractivity contribution < 1.29 is 4.79 Å². The number of hydrogen-bond donors (Lipinski definition) is 1. The molecule has 2 heterocycles. The fraction of sp³-hybridized carbons (Fsp3) is 0.389. The summed E-state index contributed by atoms with van der Waals surface area (Å²) < 4.78 is 0. The van der Waals surface area contributed by atoms with E-state index in [4.69, 9.17) is 0 Å². The van der Waals surface area contributed by atoms with E-state index >= 15 is 0 Å². The molecule has 2 aliphatic rings. The second-order valence-electron chi connectivity index (χ2n) is 6.26. The molecule has 0 spiro atoms. The summed E-state index contributed by atoms with van der Waals surface area (Å²) in [4.78, 5) is 25.1. The molecule has 1 aliphatic heterocycles. The van der Waals surface area contributed by atoms with Gasteiger partial charge in [0.2, 0.25) is 5.95 Å². The topological polar surface area (TPSA) is 61.4 Å². The maximum Gasteiger partial charge on any atom is 0.318 e. The van der Waals surface area contributed by atoms with Gasteiger partial charge in [0.25, 0.3) is 0 Å². The molecule has 1 aromatic carbocycles. The summed E-state index contributed by atoms with van der Waals surface area (Å²) in [6, 6.07) is 10.4. The molecule has 0 radical (unpaired) electrons. The maximum atomic E-state index is 12.6. The number of amides is 2. The number of nitrogens with one attached hydrogen (secondary N) is 1. The Balaban J connectivity index is 1.34. The van der Waals surface area contributed by atoms with E-state index < -0.39 is 0 Å². The van der Waals surface area contributed by atoms with E-state index in [2.05, 4.69) is 38.4 Å². The van der Waals surface area contributed by atoms with E-state index in [-0.39, 0.29) is 12.1 Å². The van der Waals surface area contributed by atoms with Crippen molar-refractivity contribution in [2.75, 3.05) is 31.1 Å². The van der Waals surface area contributed by atoms with Crippen LogP contribution in [0.1, 0.15) is 23.6 Å². The number of carbonyl (C=O) groups is 1. The first-order valence-electron chi connectivity index (χ1n) is 8.46. The van der Waals surface area contributed by atoms with E-state index in [1.54, 1.807) is 12.4 Å². The molecule has 1 atom stereocenters. The number of anilines is 1. The van der Waals surface area contributed by atoms with Crippen LogP contribution in [0.4, 0.5) is 10.7 Å². The Labute approximate surface area is 141 Å². The third-order valence-corrected chi connectivity index (χ3v) is 4.83. The number of aryl methyl sites for hydroxylation is 1. The second kappa shape index (κ2) is 6.47. The first-order chi connectivity index (χ1) is 11.8. The smallest absolute Gasteiger partial charge is 0.318 e. The van der Waals surface area contributed by atoms with Gasteiger partial charge in [0, 0.05) is 38.6 Å². The van der Waals surface area contributed by atoms with Crippen molar-refractivity contribution in [1.82, 2.24) is 20.2 Å². The first kappa shape index (κ1) is 14.9. The summed E-state index contributed by atoms with van der Waals surface area (Å²) in [5, 5.41) is 3.20. The van der Waals surface area contributed by atoms with Crippen molar-refractivity contribution in [2.45, 2.75) is 18.9 Å². The van der Waals surface area contributed by atoms with Crippen molar-refractivity contribution >= 4 is 12.0 Å². The Kier molecular flexibility index (Phi) is 4.02. The lowest BCUT2D eigenvalue weighted by molar-refractivity contribution is 0.190. The zero-order chi connectivity index (χ0) is 16.4. The molecule has 1 aliphatic carbocycles. The average Bonchev–Trinajstić information content (AvgIpc) is 3.06. The zero-order valence-electron chi connectivity index (χ0n) is 13.6. The van der Waals surface area contributed by atoms with Crippen LogP contribution in [0.25, 0.3) is 0 Å². The Morgan fingerprint density at radius 2 is 1.79 bits per heavy atom. The average molecular weight is 323 g/mol. The van der Waals surface area contributed by atoms with Gasteiger partial charge in [-0.25, -0.2) is 14.8 Å². The van der Waals surface area contributed by atoms with E-state index in [0.29, 0.717) is 13.1 Å². The molecule has 1 N–H and O–H groups in total. The van der Waals surface area contributed by atoms with E-state index in [1.807, 2.05) is 17.0 Å². The number of aromatic nitrogens is 2. The summed E-state index contributed by atoms with van der Waals surface area (Å²) >= 11 is 0. The first-order valence-corrected chi connectivity index (χ1v) is 8.46. The van der Waals surface area contributed by atoms with Gasteiger partial charge in [-0.15, -0.1) is 0 Å². The molecule has 2 amide bonds. The van der Waals surface area contributed by atoms with Crippen LogP contribution in [0.15, 0.2) is 42.7 Å². The molecule has 6 nitrogen and oxygen atoms in total. The number of benzene rings is 1. The third-order valence-electron chi connectivity index (χ3n) is 4.83. The van der Waals surface area contributed by atoms with Gasteiger partial charge in [-0.3, -0.25) is 0 Å². The lowest BCUT2D eigenvalue weighted by Crippen LogP contribution is -2.52. The molecule has 124 valence electrons. The highest BCUT2D eigenvalue weighted by Gasteiger charge is 2.27. The molecule has 0 bridgehead atoms. The van der Waals surface area contributed by atoms with Crippen LogP contribution in [0.5, 0.6) is 0 Å². The second-order valence-corrected chi connectivity index (χ2v) is 6.26. The van der Waals surface area contributed by atoms with Crippen molar-refractivity contribution in [3.05, 3.63) is 53.9 Å². The van der Waals surface area contributed by atoms with Crippen LogP contribution in [-0.2, 0) is 6.42 Å². The molecule has 4 rings (SSSR count). The van der Waals surface area contributed by atoms with Crippen LogP contribution in [0, 0.1) is 0 Å². The minimum atomic E-state index is 0.0327. The Hall–Kier alpha value is -2.63. The van der Waals surface area contributed by atoms with Crippen molar-refractivity contribution in [3.63, 3.8) is 0 Å². The fourth-order valence-electron chi connectivity index (χ4n) is 3.51. The molecular formula is C18H21N5O. The Morgan fingerprint density at radius 3 is 2.58 bits per heavy atom. The van der Waals surface area contributed by atoms with Gasteiger partial charge in [0.05, 0.1) is 6.04 Å². The van der Waals surface area contributed by atoms with Crippen LogP contribution in [0.2, 0.25) is 0 Å². The lowest BCUT2D eigenvalue weighted by Gasteiger charge is -2.35. The van der Waals surface area contributed by atoms with Gasteiger partial charge in [-0.1, -0.05) is 24.3 Å². The standard InChI is InChI=1S/C18H21N5O/c24-18(21-16-7-6-14-4-1-2-5-15(14)16)23-12-10-22(11-13-23)17-19-8-3-9-20-17/h1-5,8-9,16H,6-7,10-13H2,(H,21,24). The SMILES string of the molecule is O=C(NC1CCc2ccccc21)N1CCN(c2ncccn2)CC1. The quantitative estimate of drug-likeness (QED) is 0.918. The molecule has 6 heteroatoms. The lowest BCUT2D eigenvalue weighted by atomic mass is 10.1. The van der Waals surface area contributed by atoms with Crippen molar-refractivity contribution in [2.24, 2.45) is 0 Å². The summed E-state index contributed by atoms with van der Waals surface area (Å²) in [6.45, 7) is 2.91. The van der Waals surface area contributed by atoms with Gasteiger partial charge in [-0.2, -0.15) is 0 Å². The van der Waals surface area contributed by atoms with E-state index in [0.717, 1.165) is 31.9 Å². The number of urea groups is 1. The maximum absolute atomic E-state index is 12.6. The van der Waals surface area contributed by atoms with Crippen LogP contribution in [-0.4, -0.2) is 47.1 Å². The number of hydrogen-bond acceptors (Lipinski definition) is 4. The molecule has 1 aromatic heterocycles. The highest BCUT2D eigenvalue weighted by atomic mass is 16.2. The molecule has 2 aromatic rings. The summed E-state index contributed by atoms with van der Waals surface area (Å²) in [6.07, 6.45) is 5.53. The summed E-state index contributed by atoms with van der Waals surface area (Å²) in [5.41, 5.74) is 2.62. The predicted molar refractivity (Wildman–Crippen MR) is 91.9 cm³/mol. The molecular weight excluding hydrogens is 302 g/mol. The number of piperazine rings is 1. The Bertz CT molecular complexity index is 712. The van der Waals surface area contributed by atoms with Crippen molar-refractivity contribution in [1.29, 1.82) is 0 Å². The van der Waals surface area contributed by atoms with Crippen LogP contribution < -0.4 is 10.2 Å². The van der Waals surface area contributed by atoms with Crippen molar-refractivity contribution in [3.8, 4) is 0 Å². The highest BCUT2D eigenvalue weighted by Crippen LogP contribution is 2.30. The largest absolute Gasteiger partial charge is 0.337 e. The van der Waals surface area contributed by atoms with Gasteiger partial charge >= 0.3 is 6.03 Å².